The molecule has 0 amide bonds. The molecule has 1 aromatic heterocycles. The number of halogens is 1. The van der Waals surface area contributed by atoms with Crippen molar-refractivity contribution in [3.63, 3.8) is 0 Å². The van der Waals surface area contributed by atoms with Crippen molar-refractivity contribution in [2.24, 2.45) is 0 Å². The van der Waals surface area contributed by atoms with Gasteiger partial charge in [0, 0.05) is 36.7 Å². The summed E-state index contributed by atoms with van der Waals surface area (Å²) < 4.78 is 5.47. The SMILES string of the molecule is OC1(c2ccc(Cl)cc2)CCN(c2cc(C3CCOC3)ncn2)CC1. The first-order valence-electron chi connectivity index (χ1n) is 8.77. The molecule has 2 saturated heterocycles. The Bertz CT molecular complexity index is 724. The molecule has 0 radical (unpaired) electrons. The standard InChI is InChI=1S/C19H22ClN3O2/c20-16-3-1-15(2-4-16)19(24)6-8-23(9-7-19)18-11-17(21-13-22-18)14-5-10-25-12-14/h1-4,11,13-14,24H,5-10,12H2. The van der Waals surface area contributed by atoms with E-state index < -0.39 is 5.60 Å². The van der Waals surface area contributed by atoms with Gasteiger partial charge in [-0.15, -0.1) is 0 Å². The first-order chi connectivity index (χ1) is 12.1. The van der Waals surface area contributed by atoms with Gasteiger partial charge in [0.05, 0.1) is 17.9 Å². The van der Waals surface area contributed by atoms with Crippen LogP contribution in [0.1, 0.15) is 36.4 Å². The highest BCUT2D eigenvalue weighted by Gasteiger charge is 2.34. The van der Waals surface area contributed by atoms with E-state index in [-0.39, 0.29) is 0 Å². The molecule has 0 spiro atoms. The van der Waals surface area contributed by atoms with Crippen LogP contribution >= 0.6 is 11.6 Å². The van der Waals surface area contributed by atoms with E-state index in [2.05, 4.69) is 20.9 Å². The molecule has 3 heterocycles. The average Bonchev–Trinajstić information content (AvgIpc) is 3.18. The van der Waals surface area contributed by atoms with Crippen molar-refractivity contribution in [2.45, 2.75) is 30.8 Å². The minimum absolute atomic E-state index is 0.373. The fraction of sp³-hybridized carbons (Fsp3) is 0.474. The van der Waals surface area contributed by atoms with Crippen molar-refractivity contribution in [2.75, 3.05) is 31.2 Å². The van der Waals surface area contributed by atoms with Crippen LogP contribution < -0.4 is 4.90 Å². The van der Waals surface area contributed by atoms with Crippen LogP contribution in [0.4, 0.5) is 5.82 Å². The van der Waals surface area contributed by atoms with Gasteiger partial charge in [-0.25, -0.2) is 9.97 Å². The van der Waals surface area contributed by atoms with Crippen molar-refractivity contribution in [3.05, 3.63) is 52.9 Å². The van der Waals surface area contributed by atoms with Crippen LogP contribution in [0.15, 0.2) is 36.7 Å². The summed E-state index contributed by atoms with van der Waals surface area (Å²) in [5.74, 6) is 1.31. The second kappa shape index (κ2) is 6.90. The fourth-order valence-corrected chi connectivity index (χ4v) is 3.81. The molecule has 1 unspecified atom stereocenters. The fourth-order valence-electron chi connectivity index (χ4n) is 3.68. The third-order valence-corrected chi connectivity index (χ3v) is 5.57. The van der Waals surface area contributed by atoms with Crippen LogP contribution in [0, 0.1) is 0 Å². The molecule has 0 bridgehead atoms. The third kappa shape index (κ3) is 3.50. The summed E-state index contributed by atoms with van der Waals surface area (Å²) in [6, 6.07) is 9.58. The van der Waals surface area contributed by atoms with Crippen LogP contribution in [-0.2, 0) is 10.3 Å². The highest BCUT2D eigenvalue weighted by molar-refractivity contribution is 6.30. The molecule has 25 heavy (non-hydrogen) atoms. The number of aromatic nitrogens is 2. The van der Waals surface area contributed by atoms with Gasteiger partial charge in [-0.3, -0.25) is 0 Å². The summed E-state index contributed by atoms with van der Waals surface area (Å²) in [5.41, 5.74) is 1.19. The smallest absolute Gasteiger partial charge is 0.132 e. The summed E-state index contributed by atoms with van der Waals surface area (Å²) in [7, 11) is 0. The van der Waals surface area contributed by atoms with E-state index in [1.165, 1.54) is 0 Å². The van der Waals surface area contributed by atoms with Gasteiger partial charge in [0.25, 0.3) is 0 Å². The minimum Gasteiger partial charge on any atom is -0.385 e. The lowest BCUT2D eigenvalue weighted by Gasteiger charge is -2.39. The van der Waals surface area contributed by atoms with Gasteiger partial charge in [-0.05, 0) is 37.0 Å². The van der Waals surface area contributed by atoms with E-state index in [0.29, 0.717) is 23.8 Å². The quantitative estimate of drug-likeness (QED) is 0.912. The number of ether oxygens (including phenoxy) is 1. The molecule has 1 atom stereocenters. The van der Waals surface area contributed by atoms with Gasteiger partial charge in [0.2, 0.25) is 0 Å². The van der Waals surface area contributed by atoms with E-state index in [1.807, 2.05) is 24.3 Å². The molecule has 1 N–H and O–H groups in total. The van der Waals surface area contributed by atoms with E-state index in [9.17, 15) is 5.11 Å². The Labute approximate surface area is 152 Å². The molecule has 5 nitrogen and oxygen atoms in total. The van der Waals surface area contributed by atoms with Crippen molar-refractivity contribution in [1.82, 2.24) is 9.97 Å². The third-order valence-electron chi connectivity index (χ3n) is 5.32. The summed E-state index contributed by atoms with van der Waals surface area (Å²) in [4.78, 5) is 11.1. The predicted octanol–water partition coefficient (Wildman–Crippen LogP) is 3.12. The Kier molecular flexibility index (Phi) is 4.63. The normalized spacial score (nSPS) is 23.0. The summed E-state index contributed by atoms with van der Waals surface area (Å²) in [6.07, 6.45) is 4.00. The number of anilines is 1. The molecule has 0 aliphatic carbocycles. The number of hydrogen-bond acceptors (Lipinski definition) is 5. The summed E-state index contributed by atoms with van der Waals surface area (Å²) in [5, 5.41) is 11.7. The zero-order valence-corrected chi connectivity index (χ0v) is 14.8. The van der Waals surface area contributed by atoms with E-state index in [4.69, 9.17) is 16.3 Å². The lowest BCUT2D eigenvalue weighted by molar-refractivity contribution is 0.0116. The highest BCUT2D eigenvalue weighted by atomic mass is 35.5. The van der Waals surface area contributed by atoms with E-state index in [0.717, 1.165) is 49.8 Å². The topological polar surface area (TPSA) is 58.5 Å². The van der Waals surface area contributed by atoms with Gasteiger partial charge < -0.3 is 14.7 Å². The maximum atomic E-state index is 11.0. The Hall–Kier alpha value is -1.69. The van der Waals surface area contributed by atoms with Gasteiger partial charge in [0.15, 0.2) is 0 Å². The molecule has 2 aliphatic heterocycles. The monoisotopic (exact) mass is 359 g/mol. The number of piperidine rings is 1. The average molecular weight is 360 g/mol. The van der Waals surface area contributed by atoms with Crippen molar-refractivity contribution in [3.8, 4) is 0 Å². The summed E-state index contributed by atoms with van der Waals surface area (Å²) >= 11 is 5.95. The first kappa shape index (κ1) is 16.8. The predicted molar refractivity (Wildman–Crippen MR) is 97.0 cm³/mol. The summed E-state index contributed by atoms with van der Waals surface area (Å²) in [6.45, 7) is 3.07. The van der Waals surface area contributed by atoms with Crippen molar-refractivity contribution in [1.29, 1.82) is 0 Å². The van der Waals surface area contributed by atoms with Gasteiger partial charge >= 0.3 is 0 Å². The number of benzene rings is 1. The lowest BCUT2D eigenvalue weighted by atomic mass is 9.84. The molecule has 2 fully saturated rings. The Morgan fingerprint density at radius 1 is 1.16 bits per heavy atom. The highest BCUT2D eigenvalue weighted by Crippen LogP contribution is 2.35. The largest absolute Gasteiger partial charge is 0.385 e. The molecule has 4 rings (SSSR count). The molecular weight excluding hydrogens is 338 g/mol. The Balaban J connectivity index is 1.46. The van der Waals surface area contributed by atoms with Gasteiger partial charge in [-0.1, -0.05) is 23.7 Å². The van der Waals surface area contributed by atoms with Gasteiger partial charge in [-0.2, -0.15) is 0 Å². The van der Waals surface area contributed by atoms with Crippen LogP contribution in [0.5, 0.6) is 0 Å². The maximum absolute atomic E-state index is 11.0. The maximum Gasteiger partial charge on any atom is 0.132 e. The molecule has 2 aromatic rings. The van der Waals surface area contributed by atoms with Crippen LogP contribution in [-0.4, -0.2) is 41.4 Å². The zero-order chi connectivity index (χ0) is 17.3. The number of aliphatic hydroxyl groups is 1. The second-order valence-electron chi connectivity index (χ2n) is 6.89. The minimum atomic E-state index is -0.795. The van der Waals surface area contributed by atoms with E-state index in [1.54, 1.807) is 6.33 Å². The zero-order valence-electron chi connectivity index (χ0n) is 14.1. The van der Waals surface area contributed by atoms with Gasteiger partial charge in [0.1, 0.15) is 12.1 Å². The lowest BCUT2D eigenvalue weighted by Crippen LogP contribution is -2.43. The molecule has 2 aliphatic rings. The molecular formula is C19H22ClN3O2. The van der Waals surface area contributed by atoms with Crippen molar-refractivity contribution >= 4 is 17.4 Å². The molecule has 1 aromatic carbocycles. The van der Waals surface area contributed by atoms with Crippen molar-refractivity contribution < 1.29 is 9.84 Å². The number of rotatable bonds is 3. The number of nitrogens with zero attached hydrogens (tertiary/aromatic N) is 3. The van der Waals surface area contributed by atoms with E-state index >= 15 is 0 Å². The van der Waals surface area contributed by atoms with Crippen LogP contribution in [0.3, 0.4) is 0 Å². The molecule has 0 saturated carbocycles. The van der Waals surface area contributed by atoms with Crippen LogP contribution in [0.2, 0.25) is 5.02 Å². The first-order valence-corrected chi connectivity index (χ1v) is 9.15. The second-order valence-corrected chi connectivity index (χ2v) is 7.32. The molecule has 132 valence electrons. The Morgan fingerprint density at radius 3 is 2.60 bits per heavy atom. The number of hydrogen-bond donors (Lipinski definition) is 1. The molecule has 6 heteroatoms. The van der Waals surface area contributed by atoms with Crippen LogP contribution in [0.25, 0.3) is 0 Å². The Morgan fingerprint density at radius 2 is 1.92 bits per heavy atom.